The summed E-state index contributed by atoms with van der Waals surface area (Å²) < 4.78 is 0. The molecule has 1 aromatic rings. The van der Waals surface area contributed by atoms with E-state index in [2.05, 4.69) is 25.7 Å². The molecule has 0 atom stereocenters. The van der Waals surface area contributed by atoms with Gasteiger partial charge in [-0.05, 0) is 23.6 Å². The number of carbonyl (C=O) groups excluding carboxylic acids is 1. The fraction of sp³-hybridized carbons (Fsp3) is 0.533. The van der Waals surface area contributed by atoms with E-state index in [4.69, 9.17) is 5.73 Å². The van der Waals surface area contributed by atoms with Crippen LogP contribution in [0.5, 0.6) is 0 Å². The first kappa shape index (κ1) is 15.3. The van der Waals surface area contributed by atoms with E-state index >= 15 is 0 Å². The Labute approximate surface area is 116 Å². The lowest BCUT2D eigenvalue weighted by atomic mass is 9.96. The van der Waals surface area contributed by atoms with E-state index in [1.54, 1.807) is 31.1 Å². The second kappa shape index (κ2) is 5.51. The van der Waals surface area contributed by atoms with Gasteiger partial charge >= 0.3 is 0 Å². The largest absolute Gasteiger partial charge is 0.397 e. The third-order valence-electron chi connectivity index (χ3n) is 2.81. The molecule has 0 radical (unpaired) electrons. The number of nitrogens with zero attached hydrogens (tertiary/aromatic N) is 2. The molecule has 2 N–H and O–H groups in total. The molecule has 0 unspecified atom stereocenters. The molecular weight excluding hydrogens is 238 g/mol. The monoisotopic (exact) mass is 263 g/mol. The summed E-state index contributed by atoms with van der Waals surface area (Å²) in [6.45, 7) is 7.40. The summed E-state index contributed by atoms with van der Waals surface area (Å²) in [6, 6.07) is 5.43. The van der Waals surface area contributed by atoms with Gasteiger partial charge in [-0.25, -0.2) is 0 Å². The number of amides is 1. The molecule has 0 aliphatic carbocycles. The number of benzene rings is 1. The molecule has 4 nitrogen and oxygen atoms in total. The standard InChI is InChI=1S/C15H25N3O/c1-15(2,3)10-18(6)13-9-11(7-8-12(13)16)14(19)17(4)5/h7-9H,10,16H2,1-6H3. The van der Waals surface area contributed by atoms with Crippen molar-refractivity contribution in [2.45, 2.75) is 20.8 Å². The Balaban J connectivity index is 3.07. The van der Waals surface area contributed by atoms with E-state index in [1.165, 1.54) is 0 Å². The molecule has 0 heterocycles. The normalized spacial score (nSPS) is 11.3. The molecule has 19 heavy (non-hydrogen) atoms. The Hall–Kier alpha value is -1.71. The van der Waals surface area contributed by atoms with Gasteiger partial charge in [0.2, 0.25) is 0 Å². The highest BCUT2D eigenvalue weighted by molar-refractivity contribution is 5.96. The van der Waals surface area contributed by atoms with Crippen LogP contribution in [0.3, 0.4) is 0 Å². The van der Waals surface area contributed by atoms with Crippen molar-refractivity contribution in [1.29, 1.82) is 0 Å². The maximum atomic E-state index is 12.0. The van der Waals surface area contributed by atoms with E-state index in [-0.39, 0.29) is 11.3 Å². The summed E-state index contributed by atoms with van der Waals surface area (Å²) in [4.78, 5) is 15.6. The Kier molecular flexibility index (Phi) is 4.45. The highest BCUT2D eigenvalue weighted by Gasteiger charge is 2.17. The van der Waals surface area contributed by atoms with Crippen LogP contribution in [0.1, 0.15) is 31.1 Å². The van der Waals surface area contributed by atoms with Gasteiger partial charge in [-0.15, -0.1) is 0 Å². The molecule has 0 spiro atoms. The van der Waals surface area contributed by atoms with Crippen molar-refractivity contribution in [2.24, 2.45) is 5.41 Å². The lowest BCUT2D eigenvalue weighted by Crippen LogP contribution is -2.30. The Bertz CT molecular complexity index is 461. The van der Waals surface area contributed by atoms with E-state index < -0.39 is 0 Å². The van der Waals surface area contributed by atoms with Crippen LogP contribution in [0.4, 0.5) is 11.4 Å². The lowest BCUT2D eigenvalue weighted by Gasteiger charge is -2.29. The highest BCUT2D eigenvalue weighted by atomic mass is 16.2. The second-order valence-corrected chi connectivity index (χ2v) is 6.39. The van der Waals surface area contributed by atoms with Gasteiger partial charge in [0.25, 0.3) is 5.91 Å². The van der Waals surface area contributed by atoms with Crippen LogP contribution in [-0.4, -0.2) is 38.5 Å². The number of hydrogen-bond donors (Lipinski definition) is 1. The van der Waals surface area contributed by atoms with Crippen molar-refractivity contribution in [3.8, 4) is 0 Å². The van der Waals surface area contributed by atoms with Gasteiger partial charge in [0.15, 0.2) is 0 Å². The zero-order valence-electron chi connectivity index (χ0n) is 12.8. The predicted molar refractivity (Wildman–Crippen MR) is 81.6 cm³/mol. The maximum Gasteiger partial charge on any atom is 0.253 e. The molecule has 1 amide bonds. The van der Waals surface area contributed by atoms with Gasteiger partial charge in [-0.1, -0.05) is 20.8 Å². The summed E-state index contributed by atoms with van der Waals surface area (Å²) in [5, 5.41) is 0. The molecule has 0 saturated heterocycles. The number of anilines is 2. The SMILES string of the molecule is CN(C)C(=O)c1ccc(N)c(N(C)CC(C)(C)C)c1. The maximum absolute atomic E-state index is 12.0. The molecule has 0 bridgehead atoms. The van der Waals surface area contributed by atoms with Gasteiger partial charge in [0.1, 0.15) is 0 Å². The van der Waals surface area contributed by atoms with Crippen LogP contribution < -0.4 is 10.6 Å². The molecule has 1 aromatic carbocycles. The third-order valence-corrected chi connectivity index (χ3v) is 2.81. The predicted octanol–water partition coefficient (Wildman–Crippen LogP) is 2.45. The van der Waals surface area contributed by atoms with E-state index in [0.717, 1.165) is 12.2 Å². The first-order valence-corrected chi connectivity index (χ1v) is 6.44. The summed E-state index contributed by atoms with van der Waals surface area (Å²) in [5.74, 6) is -0.00888. The number of nitrogens with two attached hydrogens (primary N) is 1. The van der Waals surface area contributed by atoms with Crippen molar-refractivity contribution in [1.82, 2.24) is 4.90 Å². The first-order chi connectivity index (χ1) is 8.61. The number of carbonyl (C=O) groups is 1. The van der Waals surface area contributed by atoms with E-state index in [1.807, 2.05) is 13.1 Å². The van der Waals surface area contributed by atoms with Crippen molar-refractivity contribution in [2.75, 3.05) is 38.3 Å². The summed E-state index contributed by atoms with van der Waals surface area (Å²) >= 11 is 0. The van der Waals surface area contributed by atoms with E-state index in [9.17, 15) is 4.79 Å². The van der Waals surface area contributed by atoms with Crippen molar-refractivity contribution in [3.05, 3.63) is 23.8 Å². The zero-order valence-corrected chi connectivity index (χ0v) is 12.8. The summed E-state index contributed by atoms with van der Waals surface area (Å²) in [6.07, 6.45) is 0. The van der Waals surface area contributed by atoms with Gasteiger partial charge in [0, 0.05) is 33.3 Å². The highest BCUT2D eigenvalue weighted by Crippen LogP contribution is 2.27. The molecular formula is C15H25N3O. The van der Waals surface area contributed by atoms with Gasteiger partial charge < -0.3 is 15.5 Å². The quantitative estimate of drug-likeness (QED) is 0.852. The minimum Gasteiger partial charge on any atom is -0.397 e. The Morgan fingerprint density at radius 1 is 1.21 bits per heavy atom. The van der Waals surface area contributed by atoms with Gasteiger partial charge in [-0.2, -0.15) is 0 Å². The minimum absolute atomic E-state index is 0.00888. The van der Waals surface area contributed by atoms with Gasteiger partial charge in [-0.3, -0.25) is 4.79 Å². The topological polar surface area (TPSA) is 49.6 Å². The van der Waals surface area contributed by atoms with Crippen LogP contribution in [0.2, 0.25) is 0 Å². The molecule has 1 rings (SSSR count). The van der Waals surface area contributed by atoms with Crippen LogP contribution >= 0.6 is 0 Å². The molecule has 4 heteroatoms. The van der Waals surface area contributed by atoms with Gasteiger partial charge in [0.05, 0.1) is 11.4 Å². The van der Waals surface area contributed by atoms with Crippen molar-refractivity contribution < 1.29 is 4.79 Å². The summed E-state index contributed by atoms with van der Waals surface area (Å²) in [5.41, 5.74) is 8.45. The van der Waals surface area contributed by atoms with Crippen LogP contribution in [0.15, 0.2) is 18.2 Å². The van der Waals surface area contributed by atoms with Crippen LogP contribution in [-0.2, 0) is 0 Å². The minimum atomic E-state index is -0.00888. The number of hydrogen-bond acceptors (Lipinski definition) is 3. The lowest BCUT2D eigenvalue weighted by molar-refractivity contribution is 0.0827. The smallest absolute Gasteiger partial charge is 0.253 e. The molecule has 0 aromatic heterocycles. The fourth-order valence-corrected chi connectivity index (χ4v) is 2.06. The average molecular weight is 263 g/mol. The number of nitrogen functional groups attached to an aromatic ring is 1. The first-order valence-electron chi connectivity index (χ1n) is 6.44. The fourth-order valence-electron chi connectivity index (χ4n) is 2.06. The molecule has 0 aliphatic rings. The average Bonchev–Trinajstić information content (AvgIpc) is 2.26. The van der Waals surface area contributed by atoms with E-state index in [0.29, 0.717) is 11.3 Å². The molecule has 0 saturated carbocycles. The van der Waals surface area contributed by atoms with Crippen LogP contribution in [0, 0.1) is 5.41 Å². The second-order valence-electron chi connectivity index (χ2n) is 6.39. The van der Waals surface area contributed by atoms with Crippen molar-refractivity contribution in [3.63, 3.8) is 0 Å². The van der Waals surface area contributed by atoms with Crippen molar-refractivity contribution >= 4 is 17.3 Å². The summed E-state index contributed by atoms with van der Waals surface area (Å²) in [7, 11) is 5.50. The Morgan fingerprint density at radius 3 is 2.26 bits per heavy atom. The Morgan fingerprint density at radius 2 is 1.79 bits per heavy atom. The molecule has 0 fully saturated rings. The molecule has 106 valence electrons. The van der Waals surface area contributed by atoms with Crippen LogP contribution in [0.25, 0.3) is 0 Å². The molecule has 0 aliphatic heterocycles. The number of rotatable bonds is 3. The zero-order chi connectivity index (χ0) is 14.8. The third kappa shape index (κ3) is 4.16.